The van der Waals surface area contributed by atoms with E-state index in [1.54, 1.807) is 6.08 Å². The van der Waals surface area contributed by atoms with E-state index in [9.17, 15) is 4.57 Å². The molecule has 0 aliphatic rings. The van der Waals surface area contributed by atoms with Crippen LogP contribution in [0.4, 0.5) is 0 Å². The third-order valence-corrected chi connectivity index (χ3v) is 3.65. The SMILES string of the molecule is O=P(O)(O)OCC=C(Cc1ccccc1)Cc1ccccc1. The Morgan fingerprint density at radius 2 is 1.36 bits per heavy atom. The molecule has 5 heteroatoms. The standard InChI is InChI=1S/C17H19O4P/c18-22(19,20)21-12-11-17(13-15-7-3-1-4-8-15)14-16-9-5-2-6-10-16/h1-11H,12-14H2,(H2,18,19,20). The zero-order valence-electron chi connectivity index (χ0n) is 12.1. The van der Waals surface area contributed by atoms with Crippen molar-refractivity contribution in [2.45, 2.75) is 12.8 Å². The van der Waals surface area contributed by atoms with E-state index in [1.807, 2.05) is 60.7 Å². The molecule has 0 atom stereocenters. The Hall–Kier alpha value is -1.71. The second-order valence-electron chi connectivity index (χ2n) is 4.97. The Morgan fingerprint density at radius 1 is 0.909 bits per heavy atom. The van der Waals surface area contributed by atoms with Crippen molar-refractivity contribution in [3.8, 4) is 0 Å². The van der Waals surface area contributed by atoms with Crippen LogP contribution in [0.15, 0.2) is 72.3 Å². The van der Waals surface area contributed by atoms with Gasteiger partial charge in [0.15, 0.2) is 0 Å². The molecule has 0 amide bonds. The van der Waals surface area contributed by atoms with Gasteiger partial charge in [-0.1, -0.05) is 72.3 Å². The molecule has 0 saturated carbocycles. The average molecular weight is 318 g/mol. The van der Waals surface area contributed by atoms with E-state index in [2.05, 4.69) is 4.52 Å². The molecule has 0 fully saturated rings. The first-order valence-corrected chi connectivity index (χ1v) is 8.52. The van der Waals surface area contributed by atoms with Gasteiger partial charge in [0.2, 0.25) is 0 Å². The van der Waals surface area contributed by atoms with E-state index in [0.717, 1.165) is 29.5 Å². The number of allylic oxidation sites excluding steroid dienone is 1. The highest BCUT2D eigenvalue weighted by Crippen LogP contribution is 2.35. The van der Waals surface area contributed by atoms with Gasteiger partial charge in [-0.3, -0.25) is 4.52 Å². The van der Waals surface area contributed by atoms with E-state index in [4.69, 9.17) is 9.79 Å². The summed E-state index contributed by atoms with van der Waals surface area (Å²) in [6.45, 7) is -0.0979. The Bertz CT molecular complexity index is 603. The maximum absolute atomic E-state index is 10.8. The molecule has 0 heterocycles. The summed E-state index contributed by atoms with van der Waals surface area (Å²) in [5.74, 6) is 0. The van der Waals surface area contributed by atoms with Crippen molar-refractivity contribution in [1.82, 2.24) is 0 Å². The van der Waals surface area contributed by atoms with Crippen molar-refractivity contribution in [2.75, 3.05) is 6.61 Å². The van der Waals surface area contributed by atoms with Crippen LogP contribution in [-0.2, 0) is 21.9 Å². The van der Waals surface area contributed by atoms with Gasteiger partial charge >= 0.3 is 7.82 Å². The van der Waals surface area contributed by atoms with Crippen LogP contribution in [-0.4, -0.2) is 16.4 Å². The van der Waals surface area contributed by atoms with Crippen molar-refractivity contribution in [2.24, 2.45) is 0 Å². The Labute approximate surface area is 130 Å². The van der Waals surface area contributed by atoms with Gasteiger partial charge in [-0.25, -0.2) is 4.57 Å². The average Bonchev–Trinajstić information content (AvgIpc) is 2.48. The molecule has 2 N–H and O–H groups in total. The van der Waals surface area contributed by atoms with Crippen LogP contribution in [0.1, 0.15) is 11.1 Å². The molecule has 116 valence electrons. The minimum absolute atomic E-state index is 0.0979. The Kier molecular flexibility index (Phi) is 6.10. The predicted molar refractivity (Wildman–Crippen MR) is 86.4 cm³/mol. The van der Waals surface area contributed by atoms with Crippen LogP contribution >= 0.6 is 7.82 Å². The molecular weight excluding hydrogens is 299 g/mol. The maximum atomic E-state index is 10.8. The fourth-order valence-electron chi connectivity index (χ4n) is 2.18. The highest BCUT2D eigenvalue weighted by molar-refractivity contribution is 7.46. The predicted octanol–water partition coefficient (Wildman–Crippen LogP) is 3.51. The molecule has 0 unspecified atom stereocenters. The van der Waals surface area contributed by atoms with E-state index in [1.165, 1.54) is 0 Å². The molecule has 2 aromatic rings. The molecule has 0 spiro atoms. The number of rotatable bonds is 7. The fraction of sp³-hybridized carbons (Fsp3) is 0.176. The highest BCUT2D eigenvalue weighted by Gasteiger charge is 2.12. The monoisotopic (exact) mass is 318 g/mol. The van der Waals surface area contributed by atoms with Crippen LogP contribution in [0.2, 0.25) is 0 Å². The first kappa shape index (κ1) is 16.7. The van der Waals surface area contributed by atoms with Crippen molar-refractivity contribution >= 4 is 7.82 Å². The lowest BCUT2D eigenvalue weighted by Gasteiger charge is -2.09. The lowest BCUT2D eigenvalue weighted by Crippen LogP contribution is -1.98. The Morgan fingerprint density at radius 3 is 1.77 bits per heavy atom. The van der Waals surface area contributed by atoms with Crippen molar-refractivity contribution in [3.63, 3.8) is 0 Å². The van der Waals surface area contributed by atoms with Gasteiger partial charge < -0.3 is 9.79 Å². The molecule has 0 saturated heterocycles. The number of phosphoric acid groups is 1. The molecule has 0 aliphatic carbocycles. The van der Waals surface area contributed by atoms with Crippen molar-refractivity contribution in [1.29, 1.82) is 0 Å². The number of benzene rings is 2. The summed E-state index contributed by atoms with van der Waals surface area (Å²) in [5.41, 5.74) is 3.37. The molecule has 0 aromatic heterocycles. The quantitative estimate of drug-likeness (QED) is 0.605. The first-order chi connectivity index (χ1) is 10.5. The normalized spacial score (nSPS) is 11.2. The maximum Gasteiger partial charge on any atom is 0.469 e. The topological polar surface area (TPSA) is 66.8 Å². The summed E-state index contributed by atoms with van der Waals surface area (Å²) in [7, 11) is -4.43. The molecule has 0 radical (unpaired) electrons. The number of phosphoric ester groups is 1. The smallest absolute Gasteiger partial charge is 0.303 e. The molecule has 2 aromatic carbocycles. The minimum Gasteiger partial charge on any atom is -0.303 e. The van der Waals surface area contributed by atoms with Crippen LogP contribution in [0.25, 0.3) is 0 Å². The van der Waals surface area contributed by atoms with Crippen LogP contribution in [0.3, 0.4) is 0 Å². The number of hydrogen-bond donors (Lipinski definition) is 2. The van der Waals surface area contributed by atoms with Gasteiger partial charge in [-0.15, -0.1) is 0 Å². The van der Waals surface area contributed by atoms with Gasteiger partial charge in [0.1, 0.15) is 0 Å². The highest BCUT2D eigenvalue weighted by atomic mass is 31.2. The summed E-state index contributed by atoms with van der Waals surface area (Å²) in [6, 6.07) is 19.9. The second-order valence-corrected chi connectivity index (χ2v) is 6.21. The summed E-state index contributed by atoms with van der Waals surface area (Å²) in [4.78, 5) is 17.5. The zero-order valence-corrected chi connectivity index (χ0v) is 13.0. The fourth-order valence-corrected chi connectivity index (χ4v) is 2.44. The van der Waals surface area contributed by atoms with Crippen molar-refractivity contribution < 1.29 is 18.9 Å². The summed E-state index contributed by atoms with van der Waals surface area (Å²) in [6.07, 6.45) is 3.19. The van der Waals surface area contributed by atoms with Gasteiger partial charge in [-0.05, 0) is 24.0 Å². The van der Waals surface area contributed by atoms with E-state index >= 15 is 0 Å². The third-order valence-electron chi connectivity index (χ3n) is 3.16. The number of hydrogen-bond acceptors (Lipinski definition) is 2. The lowest BCUT2D eigenvalue weighted by atomic mass is 9.98. The van der Waals surface area contributed by atoms with E-state index in [-0.39, 0.29) is 6.61 Å². The molecule has 0 aliphatic heterocycles. The third kappa shape index (κ3) is 6.37. The van der Waals surface area contributed by atoms with E-state index < -0.39 is 7.82 Å². The minimum atomic E-state index is -4.43. The molecule has 0 bridgehead atoms. The summed E-state index contributed by atoms with van der Waals surface area (Å²) in [5, 5.41) is 0. The molecular formula is C17H19O4P. The summed E-state index contributed by atoms with van der Waals surface area (Å²) >= 11 is 0. The van der Waals surface area contributed by atoms with Gasteiger partial charge in [-0.2, -0.15) is 0 Å². The largest absolute Gasteiger partial charge is 0.469 e. The summed E-state index contributed by atoms with van der Waals surface area (Å²) < 4.78 is 15.3. The van der Waals surface area contributed by atoms with Crippen molar-refractivity contribution in [3.05, 3.63) is 83.4 Å². The van der Waals surface area contributed by atoms with Gasteiger partial charge in [0.05, 0.1) is 6.61 Å². The second kappa shape index (κ2) is 8.06. The molecule has 4 nitrogen and oxygen atoms in total. The van der Waals surface area contributed by atoms with Gasteiger partial charge in [0.25, 0.3) is 0 Å². The first-order valence-electron chi connectivity index (χ1n) is 6.99. The van der Waals surface area contributed by atoms with E-state index in [0.29, 0.717) is 0 Å². The molecule has 2 rings (SSSR count). The van der Waals surface area contributed by atoms with Crippen LogP contribution in [0.5, 0.6) is 0 Å². The zero-order chi connectivity index (χ0) is 15.8. The van der Waals surface area contributed by atoms with Crippen LogP contribution in [0, 0.1) is 0 Å². The molecule has 22 heavy (non-hydrogen) atoms. The van der Waals surface area contributed by atoms with Gasteiger partial charge in [0, 0.05) is 0 Å². The van der Waals surface area contributed by atoms with Crippen LogP contribution < -0.4 is 0 Å². The lowest BCUT2D eigenvalue weighted by molar-refractivity contribution is 0.215. The Balaban J connectivity index is 2.09.